The zero-order valence-corrected chi connectivity index (χ0v) is 20.8. The molecule has 0 spiro atoms. The lowest BCUT2D eigenvalue weighted by Crippen LogP contribution is -2.26. The number of aromatic nitrogens is 1. The SMILES string of the molecule is CN(CCN=C(CC(=N)C(F)(F)F)c1ccc(-c2cccc(S(C)(=O)=O)c2)s1)Cc1ccncc1. The molecule has 186 valence electrons. The van der Waals surface area contributed by atoms with Crippen LogP contribution >= 0.6 is 11.3 Å². The number of pyridine rings is 1. The number of aliphatic imine (C=N–C) groups is 1. The number of nitrogens with zero attached hydrogens (tertiary/aromatic N) is 3. The van der Waals surface area contributed by atoms with Gasteiger partial charge in [0.1, 0.15) is 5.71 Å². The van der Waals surface area contributed by atoms with Gasteiger partial charge in [-0.2, -0.15) is 13.2 Å². The number of hydrogen-bond donors (Lipinski definition) is 1. The molecule has 0 atom stereocenters. The molecular weight excluding hydrogens is 497 g/mol. The first-order valence-corrected chi connectivity index (χ1v) is 13.3. The van der Waals surface area contributed by atoms with Crippen LogP contribution in [0.3, 0.4) is 0 Å². The Bertz CT molecular complexity index is 1300. The topological polar surface area (TPSA) is 86.5 Å². The summed E-state index contributed by atoms with van der Waals surface area (Å²) in [5, 5.41) is 7.47. The van der Waals surface area contributed by atoms with Gasteiger partial charge in [0, 0.05) is 47.9 Å². The van der Waals surface area contributed by atoms with E-state index in [1.165, 1.54) is 23.5 Å². The zero-order valence-electron chi connectivity index (χ0n) is 19.2. The van der Waals surface area contributed by atoms with E-state index in [9.17, 15) is 21.6 Å². The second kappa shape index (κ2) is 11.2. The van der Waals surface area contributed by atoms with E-state index in [-0.39, 0.29) is 17.2 Å². The molecule has 0 aliphatic heterocycles. The summed E-state index contributed by atoms with van der Waals surface area (Å²) in [7, 11) is -1.50. The van der Waals surface area contributed by atoms with Crippen LogP contribution in [0.25, 0.3) is 10.4 Å². The highest BCUT2D eigenvalue weighted by molar-refractivity contribution is 7.90. The van der Waals surface area contributed by atoms with Gasteiger partial charge in [-0.15, -0.1) is 11.3 Å². The maximum atomic E-state index is 13.1. The summed E-state index contributed by atoms with van der Waals surface area (Å²) < 4.78 is 63.1. The first kappa shape index (κ1) is 26.7. The number of benzene rings is 1. The fraction of sp³-hybridized carbons (Fsp3) is 0.292. The van der Waals surface area contributed by atoms with E-state index < -0.39 is 28.1 Å². The smallest absolute Gasteiger partial charge is 0.300 e. The quantitative estimate of drug-likeness (QED) is 0.375. The summed E-state index contributed by atoms with van der Waals surface area (Å²) >= 11 is 1.22. The molecule has 3 aromatic rings. The molecule has 11 heteroatoms. The van der Waals surface area contributed by atoms with Crippen LogP contribution < -0.4 is 0 Å². The fourth-order valence-corrected chi connectivity index (χ4v) is 4.93. The van der Waals surface area contributed by atoms with Gasteiger partial charge in [0.25, 0.3) is 0 Å². The van der Waals surface area contributed by atoms with Crippen LogP contribution in [0.2, 0.25) is 0 Å². The van der Waals surface area contributed by atoms with Gasteiger partial charge >= 0.3 is 6.18 Å². The lowest BCUT2D eigenvalue weighted by atomic mass is 10.1. The predicted molar refractivity (Wildman–Crippen MR) is 133 cm³/mol. The van der Waals surface area contributed by atoms with Crippen LogP contribution in [0.1, 0.15) is 16.9 Å². The van der Waals surface area contributed by atoms with Crippen molar-refractivity contribution in [3.05, 3.63) is 71.4 Å². The standard InChI is InChI=1S/C24H25F3N4O2S2/c1-31(16-17-8-10-29-11-9-17)13-12-30-20(15-23(28)24(25,26)27)22-7-6-21(34-22)18-4-3-5-19(14-18)35(2,32)33/h3-11,14,28H,12-13,15-16H2,1-2H3. The number of likely N-dealkylation sites (N-methyl/N-ethyl adjacent to an activating group) is 1. The van der Waals surface area contributed by atoms with Crippen LogP contribution in [0, 0.1) is 5.41 Å². The molecule has 0 unspecified atom stereocenters. The average Bonchev–Trinajstić information content (AvgIpc) is 3.28. The van der Waals surface area contributed by atoms with Crippen LogP contribution in [0.4, 0.5) is 13.2 Å². The van der Waals surface area contributed by atoms with E-state index in [4.69, 9.17) is 5.41 Å². The summed E-state index contributed by atoms with van der Waals surface area (Å²) in [5.74, 6) is 0. The molecule has 0 amide bonds. The van der Waals surface area contributed by atoms with Crippen molar-refractivity contribution in [2.75, 3.05) is 26.4 Å². The molecule has 0 saturated carbocycles. The Morgan fingerprint density at radius 3 is 2.51 bits per heavy atom. The van der Waals surface area contributed by atoms with Crippen LogP contribution in [0.5, 0.6) is 0 Å². The Kier molecular flexibility index (Phi) is 8.57. The summed E-state index contributed by atoms with van der Waals surface area (Å²) in [6.45, 7) is 1.42. The molecule has 1 aromatic carbocycles. The van der Waals surface area contributed by atoms with Gasteiger partial charge in [-0.1, -0.05) is 12.1 Å². The molecule has 0 fully saturated rings. The maximum Gasteiger partial charge on any atom is 0.429 e. The van der Waals surface area contributed by atoms with Gasteiger partial charge in [0.05, 0.1) is 17.2 Å². The van der Waals surface area contributed by atoms with E-state index in [2.05, 4.69) is 9.98 Å². The maximum absolute atomic E-state index is 13.1. The van der Waals surface area contributed by atoms with Gasteiger partial charge in [0.2, 0.25) is 0 Å². The first-order valence-electron chi connectivity index (χ1n) is 10.6. The van der Waals surface area contributed by atoms with Crippen molar-refractivity contribution in [1.82, 2.24) is 9.88 Å². The van der Waals surface area contributed by atoms with Crippen molar-refractivity contribution in [2.45, 2.75) is 24.0 Å². The molecule has 35 heavy (non-hydrogen) atoms. The fourth-order valence-electron chi connectivity index (χ4n) is 3.25. The van der Waals surface area contributed by atoms with E-state index in [1.54, 1.807) is 36.7 Å². The zero-order chi connectivity index (χ0) is 25.6. The molecule has 0 bridgehead atoms. The Morgan fingerprint density at radius 2 is 1.86 bits per heavy atom. The Hall–Kier alpha value is -2.89. The molecule has 6 nitrogen and oxygen atoms in total. The third kappa shape index (κ3) is 7.81. The molecule has 2 aromatic heterocycles. The van der Waals surface area contributed by atoms with Crippen LogP contribution in [-0.4, -0.2) is 62.3 Å². The molecule has 0 aliphatic rings. The van der Waals surface area contributed by atoms with Crippen molar-refractivity contribution in [1.29, 1.82) is 5.41 Å². The predicted octanol–water partition coefficient (Wildman–Crippen LogP) is 5.11. The molecule has 0 saturated heterocycles. The highest BCUT2D eigenvalue weighted by atomic mass is 32.2. The van der Waals surface area contributed by atoms with Crippen molar-refractivity contribution < 1.29 is 21.6 Å². The number of nitrogens with one attached hydrogen (secondary N) is 1. The Morgan fingerprint density at radius 1 is 1.14 bits per heavy atom. The van der Waals surface area contributed by atoms with Gasteiger partial charge in [0.15, 0.2) is 9.84 Å². The van der Waals surface area contributed by atoms with Gasteiger partial charge in [-0.25, -0.2) is 8.42 Å². The van der Waals surface area contributed by atoms with E-state index in [0.717, 1.165) is 11.8 Å². The lowest BCUT2D eigenvalue weighted by molar-refractivity contribution is -0.0605. The number of sulfone groups is 1. The van der Waals surface area contributed by atoms with Crippen molar-refractivity contribution in [2.24, 2.45) is 4.99 Å². The second-order valence-electron chi connectivity index (χ2n) is 8.04. The molecular formula is C24H25F3N4O2S2. The largest absolute Gasteiger partial charge is 0.429 e. The van der Waals surface area contributed by atoms with Crippen molar-refractivity contribution in [3.63, 3.8) is 0 Å². The van der Waals surface area contributed by atoms with E-state index in [1.807, 2.05) is 24.1 Å². The monoisotopic (exact) mass is 522 g/mol. The summed E-state index contributed by atoms with van der Waals surface area (Å²) in [4.78, 5) is 11.8. The summed E-state index contributed by atoms with van der Waals surface area (Å²) in [5.41, 5.74) is 0.520. The van der Waals surface area contributed by atoms with E-state index in [0.29, 0.717) is 28.4 Å². The third-order valence-electron chi connectivity index (χ3n) is 5.11. The number of halogens is 3. The van der Waals surface area contributed by atoms with Crippen molar-refractivity contribution >= 4 is 32.6 Å². The minimum Gasteiger partial charge on any atom is -0.300 e. The summed E-state index contributed by atoms with van der Waals surface area (Å²) in [6.07, 6.45) is -0.862. The minimum absolute atomic E-state index is 0.162. The van der Waals surface area contributed by atoms with Gasteiger partial charge in [-0.3, -0.25) is 9.98 Å². The van der Waals surface area contributed by atoms with Crippen molar-refractivity contribution in [3.8, 4) is 10.4 Å². The van der Waals surface area contributed by atoms with Crippen LogP contribution in [-0.2, 0) is 16.4 Å². The molecule has 0 radical (unpaired) electrons. The molecule has 1 N–H and O–H groups in total. The number of thiophene rings is 1. The highest BCUT2D eigenvalue weighted by Gasteiger charge is 2.35. The second-order valence-corrected chi connectivity index (χ2v) is 11.1. The normalized spacial score (nSPS) is 12.8. The Labute approximate surface area is 206 Å². The van der Waals surface area contributed by atoms with Gasteiger partial charge < -0.3 is 10.3 Å². The highest BCUT2D eigenvalue weighted by Crippen LogP contribution is 2.31. The first-order chi connectivity index (χ1) is 16.4. The molecule has 3 rings (SSSR count). The molecule has 0 aliphatic carbocycles. The number of alkyl halides is 3. The van der Waals surface area contributed by atoms with Gasteiger partial charge in [-0.05, 0) is 54.6 Å². The minimum atomic E-state index is -4.73. The lowest BCUT2D eigenvalue weighted by Gasteiger charge is -2.16. The molecule has 2 heterocycles. The summed E-state index contributed by atoms with van der Waals surface area (Å²) in [6, 6.07) is 13.6. The average molecular weight is 523 g/mol. The Balaban J connectivity index is 1.81. The van der Waals surface area contributed by atoms with Crippen LogP contribution in [0.15, 0.2) is 70.8 Å². The van der Waals surface area contributed by atoms with E-state index >= 15 is 0 Å². The number of rotatable bonds is 10. The third-order valence-corrected chi connectivity index (χ3v) is 7.40. The number of hydrogen-bond acceptors (Lipinski definition) is 7.